The Balaban J connectivity index is 4.52. The number of carbonyl (C=O) groups excluding carboxylic acids is 2. The van der Waals surface area contributed by atoms with Gasteiger partial charge in [0.2, 0.25) is 11.8 Å². The Morgan fingerprint density at radius 1 is 1.18 bits per heavy atom. The first-order valence-corrected chi connectivity index (χ1v) is 7.13. The molecule has 0 aliphatic carbocycles. The number of nitrogens with one attached hydrogen (secondary N) is 2. The molecule has 9 N–H and O–H groups in total. The van der Waals surface area contributed by atoms with Gasteiger partial charge in [-0.2, -0.15) is 12.6 Å². The molecule has 126 valence electrons. The van der Waals surface area contributed by atoms with Crippen molar-refractivity contribution in [3.63, 3.8) is 0 Å². The van der Waals surface area contributed by atoms with Crippen LogP contribution in [0.5, 0.6) is 0 Å². The predicted molar refractivity (Wildman–Crippen MR) is 84.3 cm³/mol. The average Bonchev–Trinajstić information content (AvgIpc) is 2.46. The minimum absolute atomic E-state index is 0.0118. The number of hydrogen-bond acceptors (Lipinski definition) is 6. The first-order valence-electron chi connectivity index (χ1n) is 6.50. The standard InChI is InChI=1S/C11H22N6O4S/c12-4-8(18)16-7(5-22)9(19)17-6(10(20)21)2-1-3-15-11(13)14/h6-7,22H,1-5,12H2,(H,16,18)(H,17,19)(H,20,21)(H4,13,14,15). The molecule has 2 amide bonds. The van der Waals surface area contributed by atoms with Crippen molar-refractivity contribution in [2.45, 2.75) is 24.9 Å². The average molecular weight is 334 g/mol. The van der Waals surface area contributed by atoms with Crippen molar-refractivity contribution in [1.82, 2.24) is 10.6 Å². The Morgan fingerprint density at radius 3 is 2.27 bits per heavy atom. The number of rotatable bonds is 10. The second-order valence-electron chi connectivity index (χ2n) is 4.36. The molecule has 11 heteroatoms. The number of nitrogens with zero attached hydrogens (tertiary/aromatic N) is 1. The van der Waals surface area contributed by atoms with Crippen LogP contribution in [-0.4, -0.2) is 59.8 Å². The highest BCUT2D eigenvalue weighted by Gasteiger charge is 2.25. The van der Waals surface area contributed by atoms with Gasteiger partial charge in [0.05, 0.1) is 6.54 Å². The predicted octanol–water partition coefficient (Wildman–Crippen LogP) is -3.02. The van der Waals surface area contributed by atoms with Gasteiger partial charge in [-0.1, -0.05) is 0 Å². The van der Waals surface area contributed by atoms with E-state index in [4.69, 9.17) is 22.3 Å². The summed E-state index contributed by atoms with van der Waals surface area (Å²) in [7, 11) is 0. The molecule has 10 nitrogen and oxygen atoms in total. The molecule has 0 fully saturated rings. The fraction of sp³-hybridized carbons (Fsp3) is 0.636. The molecule has 2 atom stereocenters. The number of amides is 2. The summed E-state index contributed by atoms with van der Waals surface area (Å²) in [5, 5.41) is 13.8. The number of aliphatic carboxylic acids is 1. The number of carboxylic acids is 1. The van der Waals surface area contributed by atoms with Crippen molar-refractivity contribution in [1.29, 1.82) is 0 Å². The fourth-order valence-corrected chi connectivity index (χ4v) is 1.74. The lowest BCUT2D eigenvalue weighted by Gasteiger charge is -2.19. The molecule has 0 saturated carbocycles. The zero-order valence-corrected chi connectivity index (χ0v) is 12.9. The van der Waals surface area contributed by atoms with Crippen LogP contribution in [-0.2, 0) is 14.4 Å². The molecule has 22 heavy (non-hydrogen) atoms. The molecule has 0 heterocycles. The van der Waals surface area contributed by atoms with Gasteiger partial charge in [-0.05, 0) is 12.8 Å². The Kier molecular flexibility index (Phi) is 9.70. The Morgan fingerprint density at radius 2 is 1.82 bits per heavy atom. The smallest absolute Gasteiger partial charge is 0.326 e. The Hall–Kier alpha value is -2.01. The monoisotopic (exact) mass is 334 g/mol. The first kappa shape index (κ1) is 20.0. The number of thiol groups is 1. The van der Waals surface area contributed by atoms with Crippen LogP contribution in [0.4, 0.5) is 0 Å². The van der Waals surface area contributed by atoms with Crippen LogP contribution in [0.25, 0.3) is 0 Å². The first-order chi connectivity index (χ1) is 10.3. The van der Waals surface area contributed by atoms with E-state index in [1.807, 2.05) is 0 Å². The minimum atomic E-state index is -1.19. The van der Waals surface area contributed by atoms with Gasteiger partial charge >= 0.3 is 5.97 Å². The molecule has 2 unspecified atom stereocenters. The Labute approximate surface area is 133 Å². The molecular weight excluding hydrogens is 312 g/mol. The van der Waals surface area contributed by atoms with Gasteiger partial charge in [0.15, 0.2) is 5.96 Å². The fourth-order valence-electron chi connectivity index (χ4n) is 1.48. The maximum Gasteiger partial charge on any atom is 0.326 e. The summed E-state index contributed by atoms with van der Waals surface area (Å²) in [5.41, 5.74) is 15.4. The molecule has 0 bridgehead atoms. The highest BCUT2D eigenvalue weighted by Crippen LogP contribution is 2.00. The summed E-state index contributed by atoms with van der Waals surface area (Å²) >= 11 is 3.94. The molecule has 0 radical (unpaired) electrons. The number of hydrogen-bond donors (Lipinski definition) is 7. The highest BCUT2D eigenvalue weighted by atomic mass is 32.1. The van der Waals surface area contributed by atoms with Crippen LogP contribution in [0.3, 0.4) is 0 Å². The van der Waals surface area contributed by atoms with Crippen LogP contribution in [0.15, 0.2) is 4.99 Å². The van der Waals surface area contributed by atoms with Crippen LogP contribution < -0.4 is 27.8 Å². The lowest BCUT2D eigenvalue weighted by molar-refractivity contribution is -0.142. The third-order valence-electron chi connectivity index (χ3n) is 2.58. The van der Waals surface area contributed by atoms with Crippen LogP contribution in [0, 0.1) is 0 Å². The zero-order valence-electron chi connectivity index (χ0n) is 12.0. The Bertz CT molecular complexity index is 427. The largest absolute Gasteiger partial charge is 0.480 e. The molecule has 0 saturated heterocycles. The van der Waals surface area contributed by atoms with Crippen molar-refractivity contribution >= 4 is 36.4 Å². The second kappa shape index (κ2) is 10.7. The van der Waals surface area contributed by atoms with E-state index in [1.54, 1.807) is 0 Å². The molecule has 0 spiro atoms. The number of nitrogens with two attached hydrogens (primary N) is 3. The topological polar surface area (TPSA) is 186 Å². The number of carbonyl (C=O) groups is 3. The van der Waals surface area contributed by atoms with Gasteiger partial charge in [0.25, 0.3) is 0 Å². The maximum absolute atomic E-state index is 11.9. The third kappa shape index (κ3) is 8.32. The quantitative estimate of drug-likeness (QED) is 0.0958. The molecule has 0 aromatic rings. The van der Waals surface area contributed by atoms with Gasteiger partial charge in [0, 0.05) is 12.3 Å². The van der Waals surface area contributed by atoms with Gasteiger partial charge in [0.1, 0.15) is 12.1 Å². The van der Waals surface area contributed by atoms with E-state index in [0.29, 0.717) is 6.42 Å². The SMILES string of the molecule is NCC(=O)NC(CS)C(=O)NC(CCCN=C(N)N)C(=O)O. The normalized spacial score (nSPS) is 12.8. The van der Waals surface area contributed by atoms with E-state index >= 15 is 0 Å². The van der Waals surface area contributed by atoms with Gasteiger partial charge < -0.3 is 32.9 Å². The zero-order chi connectivity index (χ0) is 17.1. The van der Waals surface area contributed by atoms with Crippen molar-refractivity contribution < 1.29 is 19.5 Å². The molecule has 0 aromatic heterocycles. The maximum atomic E-state index is 11.9. The van der Waals surface area contributed by atoms with Gasteiger partial charge in [-0.15, -0.1) is 0 Å². The highest BCUT2D eigenvalue weighted by molar-refractivity contribution is 7.80. The molecule has 0 aliphatic rings. The van der Waals surface area contributed by atoms with Crippen molar-refractivity contribution in [3.05, 3.63) is 0 Å². The molecule has 0 aromatic carbocycles. The van der Waals surface area contributed by atoms with Gasteiger partial charge in [-0.25, -0.2) is 4.79 Å². The second-order valence-corrected chi connectivity index (χ2v) is 4.72. The van der Waals surface area contributed by atoms with Crippen molar-refractivity contribution in [3.8, 4) is 0 Å². The molecular formula is C11H22N6O4S. The summed E-state index contributed by atoms with van der Waals surface area (Å²) in [6, 6.07) is -2.07. The summed E-state index contributed by atoms with van der Waals surface area (Å²) in [6.45, 7) is -0.0275. The number of carboxylic acid groups (broad SMARTS) is 1. The van der Waals surface area contributed by atoms with E-state index < -0.39 is 29.9 Å². The van der Waals surface area contributed by atoms with Crippen molar-refractivity contribution in [2.24, 2.45) is 22.2 Å². The summed E-state index contributed by atoms with van der Waals surface area (Å²) in [5.74, 6) is -2.45. The lowest BCUT2D eigenvalue weighted by atomic mass is 10.1. The summed E-state index contributed by atoms with van der Waals surface area (Å²) in [4.78, 5) is 38.0. The summed E-state index contributed by atoms with van der Waals surface area (Å²) < 4.78 is 0. The van der Waals surface area contributed by atoms with Crippen molar-refractivity contribution in [2.75, 3.05) is 18.8 Å². The summed E-state index contributed by atoms with van der Waals surface area (Å²) in [6.07, 6.45) is 0.512. The van der Waals surface area contributed by atoms with Gasteiger partial charge in [-0.3, -0.25) is 14.6 Å². The van der Waals surface area contributed by atoms with E-state index in [2.05, 4.69) is 28.3 Å². The lowest BCUT2D eigenvalue weighted by Crippen LogP contribution is -2.53. The van der Waals surface area contributed by atoms with Crippen LogP contribution in [0.1, 0.15) is 12.8 Å². The number of guanidine groups is 1. The van der Waals surface area contributed by atoms with E-state index in [1.165, 1.54) is 0 Å². The van der Waals surface area contributed by atoms with E-state index in [9.17, 15) is 14.4 Å². The van der Waals surface area contributed by atoms with Crippen LogP contribution in [0.2, 0.25) is 0 Å². The van der Waals surface area contributed by atoms with Crippen LogP contribution >= 0.6 is 12.6 Å². The third-order valence-corrected chi connectivity index (χ3v) is 2.94. The molecule has 0 aliphatic heterocycles. The molecule has 0 rings (SSSR count). The van der Waals surface area contributed by atoms with E-state index in [0.717, 1.165) is 0 Å². The number of aliphatic imine (C=N–C) groups is 1. The van der Waals surface area contributed by atoms with E-state index in [-0.39, 0.29) is 31.2 Å². The minimum Gasteiger partial charge on any atom is -0.480 e.